The van der Waals surface area contributed by atoms with Crippen molar-refractivity contribution in [3.8, 4) is 11.4 Å². The number of rotatable bonds is 2. The number of thioether (sulfide) groups is 1. The van der Waals surface area contributed by atoms with Gasteiger partial charge in [0.05, 0.1) is 0 Å². The van der Waals surface area contributed by atoms with Crippen molar-refractivity contribution >= 4 is 17.7 Å². The van der Waals surface area contributed by atoms with Gasteiger partial charge in [0.15, 0.2) is 11.0 Å². The van der Waals surface area contributed by atoms with Crippen LogP contribution < -0.4 is 5.73 Å². The number of nitrogens with two attached hydrogens (primary N) is 1. The molecule has 0 unspecified atom stereocenters. The van der Waals surface area contributed by atoms with Crippen molar-refractivity contribution in [2.75, 3.05) is 12.0 Å². The van der Waals surface area contributed by atoms with Crippen LogP contribution in [0.2, 0.25) is 0 Å². The highest BCUT2D eigenvalue weighted by Crippen LogP contribution is 2.21. The molecular weight excluding hydrogens is 232 g/mol. The summed E-state index contributed by atoms with van der Waals surface area (Å²) in [6, 6.07) is 6.21. The molecule has 0 aliphatic heterocycles. The van der Waals surface area contributed by atoms with Crippen LogP contribution in [-0.2, 0) is 0 Å². The predicted molar refractivity (Wildman–Crippen MR) is 70.9 cm³/mol. The highest BCUT2D eigenvalue weighted by molar-refractivity contribution is 7.98. The van der Waals surface area contributed by atoms with Gasteiger partial charge in [-0.3, -0.25) is 0 Å². The number of benzene rings is 1. The molecule has 0 radical (unpaired) electrons. The van der Waals surface area contributed by atoms with Crippen LogP contribution in [0.5, 0.6) is 0 Å². The molecule has 0 saturated carbocycles. The fourth-order valence-electron chi connectivity index (χ4n) is 1.70. The first-order valence-electron chi connectivity index (χ1n) is 5.22. The van der Waals surface area contributed by atoms with Gasteiger partial charge in [-0.25, -0.2) is 4.98 Å². The van der Waals surface area contributed by atoms with E-state index >= 15 is 0 Å². The molecule has 0 bridgehead atoms. The second-order valence-corrected chi connectivity index (χ2v) is 4.65. The molecule has 0 aliphatic rings. The molecule has 17 heavy (non-hydrogen) atoms. The Labute approximate surface area is 105 Å². The molecule has 2 aromatic rings. The lowest BCUT2D eigenvalue weighted by atomic mass is 10.1. The van der Waals surface area contributed by atoms with E-state index in [0.717, 1.165) is 5.56 Å². The SMILES string of the molecule is CSc1nc(N)nc(-c2cc(C)cc(C)c2)n1. The minimum Gasteiger partial charge on any atom is -0.368 e. The second kappa shape index (κ2) is 4.71. The fourth-order valence-corrected chi connectivity index (χ4v) is 2.06. The smallest absolute Gasteiger partial charge is 0.224 e. The Hall–Kier alpha value is -1.62. The van der Waals surface area contributed by atoms with E-state index in [2.05, 4.69) is 34.9 Å². The summed E-state index contributed by atoms with van der Waals surface area (Å²) in [5.74, 6) is 0.896. The Bertz CT molecular complexity index is 534. The van der Waals surface area contributed by atoms with E-state index in [4.69, 9.17) is 5.73 Å². The summed E-state index contributed by atoms with van der Waals surface area (Å²) in [6.45, 7) is 4.10. The molecule has 4 nitrogen and oxygen atoms in total. The minimum absolute atomic E-state index is 0.263. The van der Waals surface area contributed by atoms with Crippen LogP contribution in [0.4, 0.5) is 5.95 Å². The van der Waals surface area contributed by atoms with Gasteiger partial charge >= 0.3 is 0 Å². The standard InChI is InChI=1S/C12H14N4S/c1-7-4-8(2)6-9(5-7)10-14-11(13)16-12(15-10)17-3/h4-6H,1-3H3,(H2,13,14,15,16). The molecule has 0 atom stereocenters. The van der Waals surface area contributed by atoms with Crippen molar-refractivity contribution in [2.24, 2.45) is 0 Å². The average Bonchev–Trinajstić information content (AvgIpc) is 2.26. The van der Waals surface area contributed by atoms with Gasteiger partial charge in [0, 0.05) is 5.56 Å². The molecule has 0 amide bonds. The maximum atomic E-state index is 5.67. The van der Waals surface area contributed by atoms with Crippen molar-refractivity contribution in [3.63, 3.8) is 0 Å². The summed E-state index contributed by atoms with van der Waals surface area (Å²) < 4.78 is 0. The van der Waals surface area contributed by atoms with Gasteiger partial charge in [0.1, 0.15) is 0 Å². The molecule has 88 valence electrons. The monoisotopic (exact) mass is 246 g/mol. The third-order valence-electron chi connectivity index (χ3n) is 2.29. The van der Waals surface area contributed by atoms with Crippen molar-refractivity contribution in [1.82, 2.24) is 15.0 Å². The summed E-state index contributed by atoms with van der Waals surface area (Å²) in [7, 11) is 0. The van der Waals surface area contributed by atoms with Crippen LogP contribution in [0, 0.1) is 13.8 Å². The normalized spacial score (nSPS) is 10.5. The molecule has 2 N–H and O–H groups in total. The number of nitrogens with zero attached hydrogens (tertiary/aromatic N) is 3. The van der Waals surface area contributed by atoms with Crippen molar-refractivity contribution in [3.05, 3.63) is 29.3 Å². The molecule has 1 heterocycles. The van der Waals surface area contributed by atoms with Gasteiger partial charge in [-0.2, -0.15) is 9.97 Å². The topological polar surface area (TPSA) is 64.7 Å². The number of aryl methyl sites for hydroxylation is 2. The Morgan fingerprint density at radius 1 is 1.00 bits per heavy atom. The van der Waals surface area contributed by atoms with Crippen molar-refractivity contribution < 1.29 is 0 Å². The van der Waals surface area contributed by atoms with E-state index in [1.54, 1.807) is 0 Å². The molecule has 1 aromatic heterocycles. The Kier molecular flexibility index (Phi) is 3.28. The van der Waals surface area contributed by atoms with Gasteiger partial charge in [0.25, 0.3) is 0 Å². The Morgan fingerprint density at radius 3 is 2.24 bits per heavy atom. The molecule has 0 aliphatic carbocycles. The van der Waals surface area contributed by atoms with E-state index in [9.17, 15) is 0 Å². The first-order chi connectivity index (χ1) is 8.08. The summed E-state index contributed by atoms with van der Waals surface area (Å²) in [5, 5.41) is 0.645. The van der Waals surface area contributed by atoms with Gasteiger partial charge < -0.3 is 5.73 Å². The van der Waals surface area contributed by atoms with Crippen LogP contribution in [0.25, 0.3) is 11.4 Å². The number of nitrogen functional groups attached to an aromatic ring is 1. The van der Waals surface area contributed by atoms with E-state index < -0.39 is 0 Å². The second-order valence-electron chi connectivity index (χ2n) is 3.88. The van der Waals surface area contributed by atoms with Crippen LogP contribution in [0.3, 0.4) is 0 Å². The predicted octanol–water partition coefficient (Wildman–Crippen LogP) is 2.46. The highest BCUT2D eigenvalue weighted by Gasteiger charge is 2.07. The third kappa shape index (κ3) is 2.74. The van der Waals surface area contributed by atoms with E-state index in [1.807, 2.05) is 18.4 Å². The molecular formula is C12H14N4S. The summed E-state index contributed by atoms with van der Waals surface area (Å²) in [4.78, 5) is 12.6. The zero-order valence-corrected chi connectivity index (χ0v) is 10.9. The van der Waals surface area contributed by atoms with Crippen LogP contribution in [0.1, 0.15) is 11.1 Å². The number of aromatic nitrogens is 3. The van der Waals surface area contributed by atoms with E-state index in [0.29, 0.717) is 11.0 Å². The Balaban J connectivity index is 2.55. The lowest BCUT2D eigenvalue weighted by Gasteiger charge is -2.05. The van der Waals surface area contributed by atoms with Crippen LogP contribution >= 0.6 is 11.8 Å². The average molecular weight is 246 g/mol. The number of hydrogen-bond donors (Lipinski definition) is 1. The van der Waals surface area contributed by atoms with Crippen molar-refractivity contribution in [1.29, 1.82) is 0 Å². The maximum absolute atomic E-state index is 5.67. The number of anilines is 1. The van der Waals surface area contributed by atoms with Crippen molar-refractivity contribution in [2.45, 2.75) is 19.0 Å². The summed E-state index contributed by atoms with van der Waals surface area (Å²) in [6.07, 6.45) is 1.92. The molecule has 2 rings (SSSR count). The molecule has 1 aromatic carbocycles. The minimum atomic E-state index is 0.263. The lowest BCUT2D eigenvalue weighted by molar-refractivity contribution is 0.927. The molecule has 0 spiro atoms. The summed E-state index contributed by atoms with van der Waals surface area (Å²) in [5.41, 5.74) is 9.02. The lowest BCUT2D eigenvalue weighted by Crippen LogP contribution is -2.01. The zero-order valence-electron chi connectivity index (χ0n) is 10.1. The van der Waals surface area contributed by atoms with E-state index in [1.165, 1.54) is 22.9 Å². The van der Waals surface area contributed by atoms with Gasteiger partial charge in [-0.15, -0.1) is 0 Å². The third-order valence-corrected chi connectivity index (χ3v) is 2.84. The quantitative estimate of drug-likeness (QED) is 0.825. The molecule has 0 fully saturated rings. The fraction of sp³-hybridized carbons (Fsp3) is 0.250. The van der Waals surface area contributed by atoms with E-state index in [-0.39, 0.29) is 5.95 Å². The van der Waals surface area contributed by atoms with Gasteiger partial charge in [-0.05, 0) is 32.2 Å². The summed E-state index contributed by atoms with van der Waals surface area (Å²) >= 11 is 1.46. The van der Waals surface area contributed by atoms with Crippen LogP contribution in [-0.4, -0.2) is 21.2 Å². The van der Waals surface area contributed by atoms with Gasteiger partial charge in [0.2, 0.25) is 5.95 Å². The van der Waals surface area contributed by atoms with Gasteiger partial charge in [-0.1, -0.05) is 29.0 Å². The molecule has 0 saturated heterocycles. The zero-order chi connectivity index (χ0) is 12.4. The highest BCUT2D eigenvalue weighted by atomic mass is 32.2. The number of hydrogen-bond acceptors (Lipinski definition) is 5. The van der Waals surface area contributed by atoms with Crippen LogP contribution in [0.15, 0.2) is 23.4 Å². The first kappa shape index (κ1) is 11.9. The maximum Gasteiger partial charge on any atom is 0.224 e. The first-order valence-corrected chi connectivity index (χ1v) is 6.45. The largest absolute Gasteiger partial charge is 0.368 e. The Morgan fingerprint density at radius 2 is 1.65 bits per heavy atom. The molecule has 5 heteroatoms.